The molecule has 0 bridgehead atoms. The summed E-state index contributed by atoms with van der Waals surface area (Å²) in [7, 11) is 0. The molecule has 4 nitrogen and oxygen atoms in total. The van der Waals surface area contributed by atoms with Crippen molar-refractivity contribution in [3.63, 3.8) is 0 Å². The molecule has 0 aliphatic carbocycles. The van der Waals surface area contributed by atoms with Crippen LogP contribution in [0.5, 0.6) is 0 Å². The van der Waals surface area contributed by atoms with Crippen molar-refractivity contribution < 1.29 is 4.79 Å². The summed E-state index contributed by atoms with van der Waals surface area (Å²) in [5.41, 5.74) is 5.61. The van der Waals surface area contributed by atoms with Crippen LogP contribution < -0.4 is 5.32 Å². The van der Waals surface area contributed by atoms with E-state index in [0.717, 1.165) is 48.1 Å². The standard InChI is InChI=1S/C23H27N3O/c1-4-19-20(5-2)26-22-15-18(13-14-21(22)25-19)23(27)24-16(3)11-12-17-9-7-6-8-10-17/h6-10,13-16H,4-5,11-12H2,1-3H3,(H,24,27). The van der Waals surface area contributed by atoms with Crippen LogP contribution in [0.15, 0.2) is 48.5 Å². The highest BCUT2D eigenvalue weighted by Crippen LogP contribution is 2.16. The highest BCUT2D eigenvalue weighted by atomic mass is 16.1. The van der Waals surface area contributed by atoms with E-state index in [1.165, 1.54) is 5.56 Å². The van der Waals surface area contributed by atoms with Crippen LogP contribution in [0.3, 0.4) is 0 Å². The molecule has 0 aliphatic heterocycles. The number of carbonyl (C=O) groups is 1. The Morgan fingerprint density at radius 2 is 1.63 bits per heavy atom. The average Bonchev–Trinajstić information content (AvgIpc) is 2.71. The Bertz CT molecular complexity index is 922. The van der Waals surface area contributed by atoms with Crippen molar-refractivity contribution >= 4 is 16.9 Å². The van der Waals surface area contributed by atoms with Gasteiger partial charge in [-0.25, -0.2) is 9.97 Å². The molecule has 140 valence electrons. The number of nitrogens with one attached hydrogen (secondary N) is 1. The molecule has 1 heterocycles. The van der Waals surface area contributed by atoms with Gasteiger partial charge >= 0.3 is 0 Å². The average molecular weight is 361 g/mol. The number of nitrogens with zero attached hydrogens (tertiary/aromatic N) is 2. The van der Waals surface area contributed by atoms with Crippen molar-refractivity contribution in [3.05, 3.63) is 71.0 Å². The summed E-state index contributed by atoms with van der Waals surface area (Å²) in [5, 5.41) is 3.10. The Morgan fingerprint density at radius 3 is 2.30 bits per heavy atom. The van der Waals surface area contributed by atoms with Crippen molar-refractivity contribution in [1.29, 1.82) is 0 Å². The van der Waals surface area contributed by atoms with Gasteiger partial charge in [0.25, 0.3) is 5.91 Å². The number of carbonyl (C=O) groups excluding carboxylic acids is 1. The van der Waals surface area contributed by atoms with Gasteiger partial charge in [0, 0.05) is 11.6 Å². The number of rotatable bonds is 7. The minimum absolute atomic E-state index is 0.0584. The second-order valence-electron chi connectivity index (χ2n) is 6.93. The molecule has 0 radical (unpaired) electrons. The molecule has 0 fully saturated rings. The molecular formula is C23H27N3O. The Morgan fingerprint density at radius 1 is 0.963 bits per heavy atom. The summed E-state index contributed by atoms with van der Waals surface area (Å²) in [6.07, 6.45) is 3.57. The fourth-order valence-corrected chi connectivity index (χ4v) is 3.24. The first-order valence-corrected chi connectivity index (χ1v) is 9.75. The second-order valence-corrected chi connectivity index (χ2v) is 6.93. The molecule has 27 heavy (non-hydrogen) atoms. The van der Waals surface area contributed by atoms with Crippen LogP contribution in [0.25, 0.3) is 11.0 Å². The van der Waals surface area contributed by atoms with Crippen molar-refractivity contribution in [2.75, 3.05) is 0 Å². The lowest BCUT2D eigenvalue weighted by Crippen LogP contribution is -2.32. The first-order valence-electron chi connectivity index (χ1n) is 9.75. The third-order valence-corrected chi connectivity index (χ3v) is 4.84. The minimum atomic E-state index is -0.0584. The third-order valence-electron chi connectivity index (χ3n) is 4.84. The first-order chi connectivity index (χ1) is 13.1. The Balaban J connectivity index is 1.69. The van der Waals surface area contributed by atoms with Crippen molar-refractivity contribution in [2.24, 2.45) is 0 Å². The molecule has 3 rings (SSSR count). The zero-order chi connectivity index (χ0) is 19.2. The van der Waals surface area contributed by atoms with Gasteiger partial charge in [0.05, 0.1) is 22.4 Å². The fourth-order valence-electron chi connectivity index (χ4n) is 3.24. The maximum atomic E-state index is 12.6. The Kier molecular flexibility index (Phi) is 6.17. The number of aryl methyl sites for hydroxylation is 3. The number of aromatic nitrogens is 2. The number of benzene rings is 2. The number of amides is 1. The summed E-state index contributed by atoms with van der Waals surface area (Å²) < 4.78 is 0. The van der Waals surface area contributed by atoms with E-state index >= 15 is 0 Å². The molecular weight excluding hydrogens is 334 g/mol. The lowest BCUT2D eigenvalue weighted by Gasteiger charge is -2.14. The minimum Gasteiger partial charge on any atom is -0.350 e. The topological polar surface area (TPSA) is 54.9 Å². The van der Waals surface area contributed by atoms with Gasteiger partial charge in [-0.3, -0.25) is 4.79 Å². The molecule has 1 unspecified atom stereocenters. The summed E-state index contributed by atoms with van der Waals surface area (Å²) in [4.78, 5) is 22.0. The number of hydrogen-bond acceptors (Lipinski definition) is 3. The Hall–Kier alpha value is -2.75. The molecule has 0 saturated heterocycles. The van der Waals surface area contributed by atoms with E-state index in [2.05, 4.69) is 31.3 Å². The fraction of sp³-hybridized carbons (Fsp3) is 0.348. The van der Waals surface area contributed by atoms with Crippen LogP contribution in [0, 0.1) is 0 Å². The van der Waals surface area contributed by atoms with E-state index < -0.39 is 0 Å². The number of fused-ring (bicyclic) bond motifs is 1. The second kappa shape index (κ2) is 8.76. The molecule has 0 saturated carbocycles. The van der Waals surface area contributed by atoms with E-state index in [0.29, 0.717) is 5.56 Å². The lowest BCUT2D eigenvalue weighted by molar-refractivity contribution is 0.0938. The first kappa shape index (κ1) is 19.0. The number of hydrogen-bond donors (Lipinski definition) is 1. The summed E-state index contributed by atoms with van der Waals surface area (Å²) in [6, 6.07) is 16.0. The highest BCUT2D eigenvalue weighted by molar-refractivity contribution is 5.97. The van der Waals surface area contributed by atoms with E-state index in [1.54, 1.807) is 0 Å². The van der Waals surface area contributed by atoms with Gasteiger partial charge in [-0.15, -0.1) is 0 Å². The van der Waals surface area contributed by atoms with Crippen LogP contribution in [0.1, 0.15) is 54.5 Å². The maximum absolute atomic E-state index is 12.6. The van der Waals surface area contributed by atoms with Crippen molar-refractivity contribution in [2.45, 2.75) is 52.5 Å². The maximum Gasteiger partial charge on any atom is 0.251 e. The quantitative estimate of drug-likeness (QED) is 0.674. The highest BCUT2D eigenvalue weighted by Gasteiger charge is 2.12. The normalized spacial score (nSPS) is 12.1. The van der Waals surface area contributed by atoms with Crippen LogP contribution in [-0.2, 0) is 19.3 Å². The van der Waals surface area contributed by atoms with Gasteiger partial charge in [0.15, 0.2) is 0 Å². The molecule has 3 aromatic rings. The van der Waals surface area contributed by atoms with Gasteiger partial charge in [-0.1, -0.05) is 44.2 Å². The SMILES string of the molecule is CCc1nc2ccc(C(=O)NC(C)CCc3ccccc3)cc2nc1CC. The predicted octanol–water partition coefficient (Wildman–Crippen LogP) is 4.51. The summed E-state index contributed by atoms with van der Waals surface area (Å²) >= 11 is 0. The van der Waals surface area contributed by atoms with E-state index in [4.69, 9.17) is 9.97 Å². The molecule has 2 aromatic carbocycles. The largest absolute Gasteiger partial charge is 0.350 e. The lowest BCUT2D eigenvalue weighted by atomic mass is 10.1. The van der Waals surface area contributed by atoms with Crippen molar-refractivity contribution in [3.8, 4) is 0 Å². The Labute approximate surface area is 161 Å². The molecule has 0 aliphatic rings. The predicted molar refractivity (Wildman–Crippen MR) is 110 cm³/mol. The molecule has 1 amide bonds. The van der Waals surface area contributed by atoms with E-state index in [-0.39, 0.29) is 11.9 Å². The van der Waals surface area contributed by atoms with Gasteiger partial charge in [-0.2, -0.15) is 0 Å². The summed E-state index contributed by atoms with van der Waals surface area (Å²) in [6.45, 7) is 6.22. The van der Waals surface area contributed by atoms with Gasteiger partial charge < -0.3 is 5.32 Å². The van der Waals surface area contributed by atoms with Gasteiger partial charge in [-0.05, 0) is 56.4 Å². The molecule has 0 spiro atoms. The van der Waals surface area contributed by atoms with Crippen LogP contribution >= 0.6 is 0 Å². The van der Waals surface area contributed by atoms with Crippen LogP contribution in [-0.4, -0.2) is 21.9 Å². The van der Waals surface area contributed by atoms with Crippen LogP contribution in [0.2, 0.25) is 0 Å². The van der Waals surface area contributed by atoms with Crippen molar-refractivity contribution in [1.82, 2.24) is 15.3 Å². The van der Waals surface area contributed by atoms with E-state index in [9.17, 15) is 4.79 Å². The van der Waals surface area contributed by atoms with E-state index in [1.807, 2.05) is 43.3 Å². The van der Waals surface area contributed by atoms with Gasteiger partial charge in [0.1, 0.15) is 0 Å². The summed E-state index contributed by atoms with van der Waals surface area (Å²) in [5.74, 6) is -0.0584. The van der Waals surface area contributed by atoms with Crippen LogP contribution in [0.4, 0.5) is 0 Å². The molecule has 1 atom stereocenters. The smallest absolute Gasteiger partial charge is 0.251 e. The zero-order valence-electron chi connectivity index (χ0n) is 16.3. The van der Waals surface area contributed by atoms with Gasteiger partial charge in [0.2, 0.25) is 0 Å². The molecule has 1 aromatic heterocycles. The molecule has 1 N–H and O–H groups in total. The monoisotopic (exact) mass is 361 g/mol. The zero-order valence-corrected chi connectivity index (χ0v) is 16.3. The third kappa shape index (κ3) is 4.70. The molecule has 4 heteroatoms.